The number of carbonyl (C=O) groups excluding carboxylic acids is 1. The van der Waals surface area contributed by atoms with Gasteiger partial charge in [0.25, 0.3) is 0 Å². The van der Waals surface area contributed by atoms with Crippen LogP contribution < -0.4 is 5.32 Å². The van der Waals surface area contributed by atoms with Gasteiger partial charge in [0.15, 0.2) is 0 Å². The number of hydrogen-bond donors (Lipinski definition) is 2. The zero-order chi connectivity index (χ0) is 14.8. The number of aliphatic imine (C=N–C) groups is 1. The lowest BCUT2D eigenvalue weighted by atomic mass is 10.1. The number of nitrogens with one attached hydrogen (secondary N) is 1. The third-order valence-corrected chi connectivity index (χ3v) is 3.62. The number of aliphatic hydroxyl groups excluding tert-OH is 1. The van der Waals surface area contributed by atoms with E-state index in [2.05, 4.69) is 10.3 Å². The predicted molar refractivity (Wildman–Crippen MR) is 76.9 cm³/mol. The van der Waals surface area contributed by atoms with Crippen molar-refractivity contribution in [2.45, 2.75) is 39.2 Å². The van der Waals surface area contributed by atoms with Gasteiger partial charge >= 0.3 is 6.09 Å². The van der Waals surface area contributed by atoms with Crippen molar-refractivity contribution in [2.24, 2.45) is 10.4 Å². The second-order valence-electron chi connectivity index (χ2n) is 6.74. The maximum atomic E-state index is 12.0. The van der Waals surface area contributed by atoms with Crippen molar-refractivity contribution < 1.29 is 14.6 Å². The summed E-state index contributed by atoms with van der Waals surface area (Å²) in [7, 11) is 0. The fourth-order valence-corrected chi connectivity index (χ4v) is 2.07. The van der Waals surface area contributed by atoms with Gasteiger partial charge in [-0.25, -0.2) is 4.79 Å². The standard InChI is InChI=1S/C14H25N3O3/c1-13(2,3)20-12(19)17-7-6-15-11(8-17)16-9-14(10-18)4-5-14/h18H,4-10H2,1-3H3,(H,15,16). The Balaban J connectivity index is 1.82. The van der Waals surface area contributed by atoms with Crippen molar-refractivity contribution in [1.82, 2.24) is 10.2 Å². The summed E-state index contributed by atoms with van der Waals surface area (Å²) in [5, 5.41) is 12.6. The highest BCUT2D eigenvalue weighted by Crippen LogP contribution is 2.44. The van der Waals surface area contributed by atoms with Gasteiger partial charge in [-0.1, -0.05) is 0 Å². The molecule has 1 heterocycles. The molecule has 0 spiro atoms. The fourth-order valence-electron chi connectivity index (χ4n) is 2.07. The number of amides is 1. The minimum Gasteiger partial charge on any atom is -0.444 e. The molecule has 6 heteroatoms. The largest absolute Gasteiger partial charge is 0.444 e. The molecular formula is C14H25N3O3. The van der Waals surface area contributed by atoms with E-state index in [1.54, 1.807) is 4.90 Å². The summed E-state index contributed by atoms with van der Waals surface area (Å²) in [6.07, 6.45) is 1.81. The molecular weight excluding hydrogens is 258 g/mol. The van der Waals surface area contributed by atoms with Crippen LogP contribution in [-0.4, -0.2) is 60.3 Å². The van der Waals surface area contributed by atoms with Crippen LogP contribution in [0.2, 0.25) is 0 Å². The number of amidine groups is 1. The number of hydrogen-bond acceptors (Lipinski definition) is 5. The summed E-state index contributed by atoms with van der Waals surface area (Å²) in [5.74, 6) is 0.807. The average molecular weight is 283 g/mol. The lowest BCUT2D eigenvalue weighted by Crippen LogP contribution is -2.48. The zero-order valence-electron chi connectivity index (χ0n) is 12.6. The number of ether oxygens (including phenoxy) is 1. The Kier molecular flexibility index (Phi) is 4.22. The highest BCUT2D eigenvalue weighted by Gasteiger charge is 2.42. The topological polar surface area (TPSA) is 74.2 Å². The van der Waals surface area contributed by atoms with Crippen LogP contribution in [0.25, 0.3) is 0 Å². The molecule has 0 saturated heterocycles. The molecule has 114 valence electrons. The van der Waals surface area contributed by atoms with Crippen LogP contribution in [0.3, 0.4) is 0 Å². The third kappa shape index (κ3) is 4.10. The van der Waals surface area contributed by atoms with Gasteiger partial charge in [0.05, 0.1) is 19.7 Å². The molecule has 2 aliphatic rings. The molecule has 0 aromatic rings. The minimum atomic E-state index is -0.478. The van der Waals surface area contributed by atoms with E-state index in [1.165, 1.54) is 0 Å². The molecule has 1 aliphatic heterocycles. The van der Waals surface area contributed by atoms with Gasteiger partial charge in [0, 0.05) is 18.5 Å². The predicted octanol–water partition coefficient (Wildman–Crippen LogP) is 0.998. The molecule has 6 nitrogen and oxygen atoms in total. The summed E-state index contributed by atoms with van der Waals surface area (Å²) in [5.41, 5.74) is -0.440. The van der Waals surface area contributed by atoms with Crippen molar-refractivity contribution in [1.29, 1.82) is 0 Å². The van der Waals surface area contributed by atoms with Crippen molar-refractivity contribution in [3.63, 3.8) is 0 Å². The van der Waals surface area contributed by atoms with E-state index in [-0.39, 0.29) is 18.1 Å². The Labute approximate surface area is 120 Å². The lowest BCUT2D eigenvalue weighted by molar-refractivity contribution is 0.0276. The highest BCUT2D eigenvalue weighted by atomic mass is 16.6. The Morgan fingerprint density at radius 1 is 1.50 bits per heavy atom. The van der Waals surface area contributed by atoms with Crippen LogP contribution in [0.5, 0.6) is 0 Å². The fraction of sp³-hybridized carbons (Fsp3) is 0.857. The van der Waals surface area contributed by atoms with Crippen LogP contribution in [0.15, 0.2) is 4.99 Å². The molecule has 20 heavy (non-hydrogen) atoms. The lowest BCUT2D eigenvalue weighted by Gasteiger charge is -2.30. The first-order valence-electron chi connectivity index (χ1n) is 7.20. The second-order valence-corrected chi connectivity index (χ2v) is 6.74. The number of aliphatic hydroxyl groups is 1. The summed E-state index contributed by atoms with van der Waals surface area (Å²) in [6, 6.07) is 0. The molecule has 1 amide bonds. The maximum absolute atomic E-state index is 12.0. The molecule has 0 aromatic carbocycles. The molecule has 1 saturated carbocycles. The van der Waals surface area contributed by atoms with Crippen LogP contribution in [0, 0.1) is 5.41 Å². The molecule has 0 atom stereocenters. The summed E-state index contributed by atoms with van der Waals surface area (Å²) in [4.78, 5) is 18.1. The van der Waals surface area contributed by atoms with E-state index < -0.39 is 5.60 Å². The Hall–Kier alpha value is -1.30. The Morgan fingerprint density at radius 3 is 2.75 bits per heavy atom. The highest BCUT2D eigenvalue weighted by molar-refractivity contribution is 5.87. The summed E-state index contributed by atoms with van der Waals surface area (Å²) < 4.78 is 5.37. The van der Waals surface area contributed by atoms with Crippen LogP contribution >= 0.6 is 0 Å². The van der Waals surface area contributed by atoms with Gasteiger partial charge in [0.2, 0.25) is 0 Å². The number of carbonyl (C=O) groups is 1. The van der Waals surface area contributed by atoms with E-state index in [9.17, 15) is 9.90 Å². The Morgan fingerprint density at radius 2 is 2.20 bits per heavy atom. The Bertz CT molecular complexity index is 397. The zero-order valence-corrected chi connectivity index (χ0v) is 12.6. The molecule has 0 radical (unpaired) electrons. The van der Waals surface area contributed by atoms with Gasteiger partial charge in [-0.15, -0.1) is 0 Å². The van der Waals surface area contributed by atoms with E-state index in [1.807, 2.05) is 20.8 Å². The van der Waals surface area contributed by atoms with E-state index in [0.29, 0.717) is 19.6 Å². The first kappa shape index (κ1) is 15.1. The molecule has 1 aliphatic carbocycles. The van der Waals surface area contributed by atoms with Crippen molar-refractivity contribution in [3.05, 3.63) is 0 Å². The molecule has 0 bridgehead atoms. The number of rotatable bonds is 3. The molecule has 2 N–H and O–H groups in total. The summed E-state index contributed by atoms with van der Waals surface area (Å²) >= 11 is 0. The molecule has 2 rings (SSSR count). The van der Waals surface area contributed by atoms with Gasteiger partial charge in [-0.05, 0) is 33.6 Å². The van der Waals surface area contributed by atoms with E-state index in [4.69, 9.17) is 4.74 Å². The van der Waals surface area contributed by atoms with Gasteiger partial charge < -0.3 is 15.2 Å². The van der Waals surface area contributed by atoms with Crippen LogP contribution in [0.4, 0.5) is 4.79 Å². The molecule has 0 unspecified atom stereocenters. The second kappa shape index (κ2) is 5.60. The van der Waals surface area contributed by atoms with Gasteiger partial charge in [-0.3, -0.25) is 9.89 Å². The number of nitrogens with zero attached hydrogens (tertiary/aromatic N) is 2. The summed E-state index contributed by atoms with van der Waals surface area (Å²) in [6.45, 7) is 8.16. The SMILES string of the molecule is CC(C)(C)OC(=O)N1CCN=C(NCC2(CO)CC2)C1. The van der Waals surface area contributed by atoms with Crippen molar-refractivity contribution in [3.8, 4) is 0 Å². The first-order chi connectivity index (χ1) is 9.34. The quantitative estimate of drug-likeness (QED) is 0.810. The first-order valence-corrected chi connectivity index (χ1v) is 7.20. The molecule has 0 aromatic heterocycles. The van der Waals surface area contributed by atoms with Crippen molar-refractivity contribution in [2.75, 3.05) is 32.8 Å². The van der Waals surface area contributed by atoms with E-state index in [0.717, 1.165) is 25.2 Å². The van der Waals surface area contributed by atoms with Crippen molar-refractivity contribution >= 4 is 11.9 Å². The van der Waals surface area contributed by atoms with Crippen LogP contribution in [0.1, 0.15) is 33.6 Å². The normalized spacial score (nSPS) is 21.2. The monoisotopic (exact) mass is 283 g/mol. The van der Waals surface area contributed by atoms with E-state index >= 15 is 0 Å². The average Bonchev–Trinajstić information content (AvgIpc) is 3.15. The third-order valence-electron chi connectivity index (χ3n) is 3.62. The van der Waals surface area contributed by atoms with Crippen LogP contribution in [-0.2, 0) is 4.74 Å². The smallest absolute Gasteiger partial charge is 0.410 e. The maximum Gasteiger partial charge on any atom is 0.410 e. The van der Waals surface area contributed by atoms with Gasteiger partial charge in [0.1, 0.15) is 11.4 Å². The molecule has 1 fully saturated rings. The van der Waals surface area contributed by atoms with Gasteiger partial charge in [-0.2, -0.15) is 0 Å². The minimum absolute atomic E-state index is 0.0384.